The van der Waals surface area contributed by atoms with E-state index in [1.807, 2.05) is 0 Å². The predicted octanol–water partition coefficient (Wildman–Crippen LogP) is 2.68. The van der Waals surface area contributed by atoms with Crippen LogP contribution in [0.3, 0.4) is 0 Å². The van der Waals surface area contributed by atoms with Crippen molar-refractivity contribution in [2.45, 2.75) is 6.18 Å². The minimum atomic E-state index is -4.44. The third-order valence-corrected chi connectivity index (χ3v) is 3.24. The fraction of sp³-hybridized carbons (Fsp3) is 0.0667. The molecular formula is C15H10F3N3O2. The van der Waals surface area contributed by atoms with Crippen LogP contribution in [-0.2, 0) is 11.0 Å². The number of hydrogen-bond acceptors (Lipinski definition) is 2. The van der Waals surface area contributed by atoms with Crippen LogP contribution in [0.25, 0.3) is 11.8 Å². The molecule has 2 heterocycles. The van der Waals surface area contributed by atoms with E-state index in [1.54, 1.807) is 18.3 Å². The van der Waals surface area contributed by atoms with Crippen molar-refractivity contribution in [3.63, 3.8) is 0 Å². The molecule has 2 aromatic rings. The SMILES string of the molecule is O=C1NC(=O)C(=Cc2cccn2-c2cccc(C(F)(F)F)c2)N1. The molecule has 5 nitrogen and oxygen atoms in total. The van der Waals surface area contributed by atoms with Gasteiger partial charge in [0.15, 0.2) is 0 Å². The third kappa shape index (κ3) is 2.96. The van der Waals surface area contributed by atoms with Gasteiger partial charge in [-0.2, -0.15) is 13.2 Å². The zero-order valence-corrected chi connectivity index (χ0v) is 11.5. The average molecular weight is 321 g/mol. The predicted molar refractivity (Wildman–Crippen MR) is 75.4 cm³/mol. The molecule has 118 valence electrons. The van der Waals surface area contributed by atoms with Gasteiger partial charge < -0.3 is 9.88 Å². The summed E-state index contributed by atoms with van der Waals surface area (Å²) < 4.78 is 39.9. The highest BCUT2D eigenvalue weighted by Crippen LogP contribution is 2.30. The van der Waals surface area contributed by atoms with Crippen molar-refractivity contribution >= 4 is 18.0 Å². The normalized spacial score (nSPS) is 16.6. The van der Waals surface area contributed by atoms with Gasteiger partial charge in [-0.15, -0.1) is 0 Å². The number of aromatic nitrogens is 1. The molecule has 23 heavy (non-hydrogen) atoms. The molecule has 0 spiro atoms. The fourth-order valence-electron chi connectivity index (χ4n) is 2.21. The van der Waals surface area contributed by atoms with Gasteiger partial charge in [-0.05, 0) is 36.4 Å². The zero-order chi connectivity index (χ0) is 16.6. The smallest absolute Gasteiger partial charge is 0.317 e. The molecule has 8 heteroatoms. The van der Waals surface area contributed by atoms with Gasteiger partial charge >= 0.3 is 12.2 Å². The summed E-state index contributed by atoms with van der Waals surface area (Å²) in [6.07, 6.45) is -1.49. The molecule has 1 aliphatic rings. The first-order valence-electron chi connectivity index (χ1n) is 6.53. The Kier molecular flexibility index (Phi) is 3.44. The van der Waals surface area contributed by atoms with Crippen molar-refractivity contribution in [2.24, 2.45) is 0 Å². The second-order valence-electron chi connectivity index (χ2n) is 4.82. The van der Waals surface area contributed by atoms with Gasteiger partial charge in [0.1, 0.15) is 5.70 Å². The van der Waals surface area contributed by atoms with Gasteiger partial charge in [-0.1, -0.05) is 6.07 Å². The van der Waals surface area contributed by atoms with Gasteiger partial charge in [0.2, 0.25) is 0 Å². The van der Waals surface area contributed by atoms with Crippen LogP contribution in [-0.4, -0.2) is 16.5 Å². The van der Waals surface area contributed by atoms with Crippen molar-refractivity contribution in [1.82, 2.24) is 15.2 Å². The van der Waals surface area contributed by atoms with E-state index in [1.165, 1.54) is 22.8 Å². The number of nitrogens with one attached hydrogen (secondary N) is 2. The van der Waals surface area contributed by atoms with Crippen LogP contribution in [0.15, 0.2) is 48.3 Å². The molecular weight excluding hydrogens is 311 g/mol. The van der Waals surface area contributed by atoms with Crippen LogP contribution < -0.4 is 10.6 Å². The van der Waals surface area contributed by atoms with E-state index >= 15 is 0 Å². The Bertz CT molecular complexity index is 821. The summed E-state index contributed by atoms with van der Waals surface area (Å²) in [6.45, 7) is 0. The monoisotopic (exact) mass is 321 g/mol. The molecule has 3 amide bonds. The van der Waals surface area contributed by atoms with Gasteiger partial charge in [0, 0.05) is 17.6 Å². The van der Waals surface area contributed by atoms with Crippen molar-refractivity contribution in [2.75, 3.05) is 0 Å². The van der Waals surface area contributed by atoms with E-state index in [-0.39, 0.29) is 5.70 Å². The highest BCUT2D eigenvalue weighted by atomic mass is 19.4. The van der Waals surface area contributed by atoms with E-state index in [2.05, 4.69) is 10.6 Å². The molecule has 0 aliphatic carbocycles. The van der Waals surface area contributed by atoms with Gasteiger partial charge in [-0.3, -0.25) is 10.1 Å². The lowest BCUT2D eigenvalue weighted by Gasteiger charge is -2.11. The molecule has 0 saturated carbocycles. The maximum absolute atomic E-state index is 12.8. The summed E-state index contributed by atoms with van der Waals surface area (Å²) in [7, 11) is 0. The quantitative estimate of drug-likeness (QED) is 0.660. The van der Waals surface area contributed by atoms with E-state index in [0.717, 1.165) is 12.1 Å². The summed E-state index contributed by atoms with van der Waals surface area (Å²) in [6, 6.07) is 7.42. The van der Waals surface area contributed by atoms with Crippen LogP contribution in [0.4, 0.5) is 18.0 Å². The van der Waals surface area contributed by atoms with E-state index < -0.39 is 23.7 Å². The summed E-state index contributed by atoms with van der Waals surface area (Å²) in [4.78, 5) is 22.6. The molecule has 1 aromatic carbocycles. The highest BCUT2D eigenvalue weighted by Gasteiger charge is 2.30. The Morgan fingerprint density at radius 1 is 1.04 bits per heavy atom. The highest BCUT2D eigenvalue weighted by molar-refractivity contribution is 6.13. The lowest BCUT2D eigenvalue weighted by atomic mass is 10.2. The van der Waals surface area contributed by atoms with E-state index in [0.29, 0.717) is 11.4 Å². The first-order chi connectivity index (χ1) is 10.8. The number of amides is 3. The van der Waals surface area contributed by atoms with Crippen molar-refractivity contribution in [3.8, 4) is 5.69 Å². The molecule has 1 fully saturated rings. The number of benzene rings is 1. The number of carbonyl (C=O) groups excluding carboxylic acids is 2. The Morgan fingerprint density at radius 3 is 2.48 bits per heavy atom. The lowest BCUT2D eigenvalue weighted by Crippen LogP contribution is -2.22. The fourth-order valence-corrected chi connectivity index (χ4v) is 2.21. The topological polar surface area (TPSA) is 63.1 Å². The summed E-state index contributed by atoms with van der Waals surface area (Å²) in [5, 5.41) is 4.38. The Balaban J connectivity index is 2.01. The summed E-state index contributed by atoms with van der Waals surface area (Å²) in [5.74, 6) is -0.591. The Labute approximate surface area is 128 Å². The van der Waals surface area contributed by atoms with Gasteiger partial charge in [0.05, 0.1) is 5.56 Å². The van der Waals surface area contributed by atoms with Crippen molar-refractivity contribution < 1.29 is 22.8 Å². The second kappa shape index (κ2) is 5.31. The molecule has 0 bridgehead atoms. The number of imide groups is 1. The van der Waals surface area contributed by atoms with Gasteiger partial charge in [0.25, 0.3) is 5.91 Å². The summed E-state index contributed by atoms with van der Waals surface area (Å²) in [5.41, 5.74) is 0.00854. The van der Waals surface area contributed by atoms with Crippen LogP contribution >= 0.6 is 0 Å². The first kappa shape index (κ1) is 14.9. The number of alkyl halides is 3. The maximum Gasteiger partial charge on any atom is 0.416 e. The third-order valence-electron chi connectivity index (χ3n) is 3.24. The lowest BCUT2D eigenvalue weighted by molar-refractivity contribution is -0.137. The maximum atomic E-state index is 12.8. The number of rotatable bonds is 2. The number of carbonyl (C=O) groups is 2. The molecule has 3 rings (SSSR count). The van der Waals surface area contributed by atoms with Crippen LogP contribution in [0, 0.1) is 0 Å². The minimum absolute atomic E-state index is 0.0296. The number of hydrogen-bond donors (Lipinski definition) is 2. The minimum Gasteiger partial charge on any atom is -0.317 e. The van der Waals surface area contributed by atoms with Crippen LogP contribution in [0.5, 0.6) is 0 Å². The largest absolute Gasteiger partial charge is 0.416 e. The number of urea groups is 1. The molecule has 1 aromatic heterocycles. The molecule has 0 radical (unpaired) electrons. The average Bonchev–Trinajstić information content (AvgIpc) is 3.05. The van der Waals surface area contributed by atoms with Crippen molar-refractivity contribution in [1.29, 1.82) is 0 Å². The molecule has 1 aliphatic heterocycles. The number of halogens is 3. The molecule has 0 atom stereocenters. The van der Waals surface area contributed by atoms with Crippen LogP contribution in [0.1, 0.15) is 11.3 Å². The standard InChI is InChI=1S/C15H10F3N3O2/c16-15(17,18)9-3-1-4-10(7-9)21-6-2-5-11(21)8-12-13(22)20-14(23)19-12/h1-8H,(H2,19,20,22,23). The first-order valence-corrected chi connectivity index (χ1v) is 6.53. The second-order valence-corrected chi connectivity index (χ2v) is 4.82. The van der Waals surface area contributed by atoms with Crippen molar-refractivity contribution in [3.05, 3.63) is 59.5 Å². The Hall–Kier alpha value is -3.03. The van der Waals surface area contributed by atoms with E-state index in [9.17, 15) is 22.8 Å². The molecule has 2 N–H and O–H groups in total. The molecule has 1 saturated heterocycles. The summed E-state index contributed by atoms with van der Waals surface area (Å²) >= 11 is 0. The Morgan fingerprint density at radius 2 is 1.83 bits per heavy atom. The number of nitrogens with zero attached hydrogens (tertiary/aromatic N) is 1. The van der Waals surface area contributed by atoms with Gasteiger partial charge in [-0.25, -0.2) is 4.79 Å². The van der Waals surface area contributed by atoms with E-state index in [4.69, 9.17) is 0 Å². The molecule has 0 unspecified atom stereocenters. The zero-order valence-electron chi connectivity index (χ0n) is 11.5. The van der Waals surface area contributed by atoms with Crippen LogP contribution in [0.2, 0.25) is 0 Å².